The second-order valence-electron chi connectivity index (χ2n) is 14.1. The van der Waals surface area contributed by atoms with Crippen LogP contribution in [0.3, 0.4) is 0 Å². The number of hydrogen-bond donors (Lipinski definition) is 0. The molecule has 0 aliphatic heterocycles. The number of hydrogen-bond acceptors (Lipinski definition) is 0. The molecule has 0 aliphatic rings. The Morgan fingerprint density at radius 3 is 1.29 bits per heavy atom. The van der Waals surface area contributed by atoms with Crippen molar-refractivity contribution in [3.8, 4) is 44.5 Å². The summed E-state index contributed by atoms with van der Waals surface area (Å²) in [6.07, 6.45) is 0. The van der Waals surface area contributed by atoms with E-state index in [2.05, 4.69) is 127 Å². The summed E-state index contributed by atoms with van der Waals surface area (Å²) in [5, 5.41) is 11.0. The molecule has 0 bridgehead atoms. The third-order valence-electron chi connectivity index (χ3n) is 11.2. The van der Waals surface area contributed by atoms with Crippen LogP contribution in [0.15, 0.2) is 182 Å². The average Bonchev–Trinajstić information content (AvgIpc) is 3.61. The van der Waals surface area contributed by atoms with E-state index in [1.165, 1.54) is 81.3 Å². The molecule has 11 aromatic rings. The minimum atomic E-state index is -0.565. The van der Waals surface area contributed by atoms with Crippen molar-refractivity contribution in [1.29, 1.82) is 0 Å². The van der Waals surface area contributed by atoms with Gasteiger partial charge >= 0.3 is 324 Å². The van der Waals surface area contributed by atoms with Gasteiger partial charge in [0.25, 0.3) is 0 Å². The van der Waals surface area contributed by atoms with Gasteiger partial charge in [-0.3, -0.25) is 0 Å². The molecule has 55 heavy (non-hydrogen) atoms. The zero-order valence-corrected chi connectivity index (χ0v) is 31.2. The van der Waals surface area contributed by atoms with Gasteiger partial charge in [0.05, 0.1) is 0 Å². The molecule has 0 spiro atoms. The maximum atomic E-state index is 15.6. The third-order valence-corrected chi connectivity index (χ3v) is 13.6. The van der Waals surface area contributed by atoms with E-state index < -0.39 is 11.6 Å². The van der Waals surface area contributed by atoms with Crippen molar-refractivity contribution in [3.05, 3.63) is 194 Å². The molecule has 0 nitrogen and oxygen atoms in total. The number of fused-ring (bicyclic) bond motifs is 7. The van der Waals surface area contributed by atoms with Gasteiger partial charge in [0.2, 0.25) is 0 Å². The Bertz CT molecular complexity index is 3210. The van der Waals surface area contributed by atoms with E-state index in [-0.39, 0.29) is 20.1 Å². The first-order valence-corrected chi connectivity index (χ1v) is 20.2. The molecule has 1 aromatic heterocycles. The summed E-state index contributed by atoms with van der Waals surface area (Å²) in [4.78, 5) is 0. The molecule has 0 amide bonds. The summed E-state index contributed by atoms with van der Waals surface area (Å²) >= 11 is 0.113. The summed E-state index contributed by atoms with van der Waals surface area (Å²) in [6.45, 7) is 0. The molecule has 0 N–H and O–H groups in total. The van der Waals surface area contributed by atoms with Gasteiger partial charge in [0.1, 0.15) is 0 Å². The van der Waals surface area contributed by atoms with E-state index in [1.807, 2.05) is 36.4 Å². The molecule has 0 saturated carbocycles. The van der Waals surface area contributed by atoms with E-state index in [4.69, 9.17) is 0 Å². The van der Waals surface area contributed by atoms with Gasteiger partial charge < -0.3 is 0 Å². The molecule has 11 rings (SSSR count). The Labute approximate surface area is 322 Å². The van der Waals surface area contributed by atoms with Gasteiger partial charge in [-0.25, -0.2) is 0 Å². The van der Waals surface area contributed by atoms with Gasteiger partial charge in [-0.1, -0.05) is 0 Å². The number of benzene rings is 10. The van der Waals surface area contributed by atoms with Gasteiger partial charge in [-0.15, -0.1) is 0 Å². The molecule has 0 fully saturated rings. The summed E-state index contributed by atoms with van der Waals surface area (Å²) < 4.78 is 33.9. The predicted molar refractivity (Wildman–Crippen MR) is 230 cm³/mol. The van der Waals surface area contributed by atoms with Gasteiger partial charge in [0, 0.05) is 0 Å². The summed E-state index contributed by atoms with van der Waals surface area (Å²) in [5.41, 5.74) is 7.70. The van der Waals surface area contributed by atoms with Crippen LogP contribution >= 0.6 is 0 Å². The molecular weight excluding hydrogens is 742 g/mol. The van der Waals surface area contributed by atoms with Crippen LogP contribution in [0.5, 0.6) is 0 Å². The van der Waals surface area contributed by atoms with Crippen molar-refractivity contribution in [2.24, 2.45) is 0 Å². The van der Waals surface area contributed by atoms with Crippen LogP contribution in [-0.2, 0) is 0 Å². The molecule has 0 unspecified atom stereocenters. The SMILES string of the molecule is Fc1cccc(F)c1-c1c2ccccc2c(-c2cccc3[se]c4ccc(-c5c6ccccc6c(-c6ccccc6)c6ccccc56)cc4c23)c2ccccc12. The summed E-state index contributed by atoms with van der Waals surface area (Å²) in [6, 6.07) is 62.3. The van der Waals surface area contributed by atoms with Gasteiger partial charge in [-0.05, 0) is 0 Å². The first kappa shape index (κ1) is 32.1. The Morgan fingerprint density at radius 1 is 0.291 bits per heavy atom. The Hall–Kier alpha value is -6.38. The van der Waals surface area contributed by atoms with E-state index in [0.29, 0.717) is 5.56 Å². The Balaban J connectivity index is 1.23. The minimum absolute atomic E-state index is 0.01000. The zero-order chi connectivity index (χ0) is 36.6. The second kappa shape index (κ2) is 12.6. The van der Waals surface area contributed by atoms with Gasteiger partial charge in [0.15, 0.2) is 0 Å². The molecule has 0 radical (unpaired) electrons. The topological polar surface area (TPSA) is 0 Å². The van der Waals surface area contributed by atoms with E-state index in [1.54, 1.807) is 0 Å². The normalized spacial score (nSPS) is 11.8. The summed E-state index contributed by atoms with van der Waals surface area (Å²) in [5.74, 6) is -1.13. The molecule has 10 aromatic carbocycles. The second-order valence-corrected chi connectivity index (χ2v) is 16.4. The molecule has 3 heteroatoms. The fourth-order valence-corrected chi connectivity index (χ4v) is 11.3. The quantitative estimate of drug-likeness (QED) is 0.123. The molecular formula is C52H30F2Se. The van der Waals surface area contributed by atoms with Crippen LogP contribution in [0, 0.1) is 11.6 Å². The first-order chi connectivity index (χ1) is 27.2. The molecule has 0 saturated heterocycles. The predicted octanol–water partition coefficient (Wildman–Crippen LogP) is 14.6. The molecule has 258 valence electrons. The third kappa shape index (κ3) is 4.87. The van der Waals surface area contributed by atoms with Crippen molar-refractivity contribution in [1.82, 2.24) is 0 Å². The van der Waals surface area contributed by atoms with Gasteiger partial charge in [-0.2, -0.15) is 0 Å². The van der Waals surface area contributed by atoms with Crippen LogP contribution in [-0.4, -0.2) is 14.5 Å². The molecule has 0 atom stereocenters. The van der Waals surface area contributed by atoms with Crippen LogP contribution < -0.4 is 0 Å². The maximum absolute atomic E-state index is 15.6. The van der Waals surface area contributed by atoms with Crippen molar-refractivity contribution in [3.63, 3.8) is 0 Å². The number of rotatable bonds is 4. The average molecular weight is 772 g/mol. The summed E-state index contributed by atoms with van der Waals surface area (Å²) in [7, 11) is 0. The van der Waals surface area contributed by atoms with Crippen LogP contribution in [0.1, 0.15) is 0 Å². The monoisotopic (exact) mass is 772 g/mol. The molecule has 1 heterocycles. The Kier molecular flexibility index (Phi) is 7.35. The van der Waals surface area contributed by atoms with Crippen molar-refractivity contribution < 1.29 is 8.78 Å². The van der Waals surface area contributed by atoms with Crippen molar-refractivity contribution >= 4 is 76.9 Å². The van der Waals surface area contributed by atoms with Crippen molar-refractivity contribution in [2.75, 3.05) is 0 Å². The molecule has 0 aliphatic carbocycles. The fraction of sp³-hybridized carbons (Fsp3) is 0. The Morgan fingerprint density at radius 2 is 0.745 bits per heavy atom. The van der Waals surface area contributed by atoms with Crippen LogP contribution in [0.25, 0.3) is 107 Å². The number of halogens is 2. The fourth-order valence-electron chi connectivity index (χ4n) is 8.97. The van der Waals surface area contributed by atoms with Crippen LogP contribution in [0.2, 0.25) is 0 Å². The van der Waals surface area contributed by atoms with E-state index in [9.17, 15) is 0 Å². The first-order valence-electron chi connectivity index (χ1n) is 18.5. The van der Waals surface area contributed by atoms with E-state index >= 15 is 8.78 Å². The van der Waals surface area contributed by atoms with Crippen molar-refractivity contribution in [2.45, 2.75) is 0 Å². The van der Waals surface area contributed by atoms with Crippen LogP contribution in [0.4, 0.5) is 8.78 Å². The zero-order valence-electron chi connectivity index (χ0n) is 29.5. The standard InChI is InChI=1S/C52H30F2Se/c53-43-25-13-26-44(54)52(43)51-39-22-10-8-20-37(39)49(38-21-9-11-23-40(38)51)41-24-12-27-46-50(41)42-30-32(28-29-45(42)55-46)48-35-18-6-4-16-33(35)47(31-14-2-1-3-15-31)34-17-5-7-19-36(34)48/h1-30H. The van der Waals surface area contributed by atoms with E-state index in [0.717, 1.165) is 32.7 Å².